The van der Waals surface area contributed by atoms with E-state index >= 15 is 0 Å². The maximum absolute atomic E-state index is 12.8. The van der Waals surface area contributed by atoms with Gasteiger partial charge >= 0.3 is 0 Å². The van der Waals surface area contributed by atoms with Gasteiger partial charge in [-0.25, -0.2) is 9.97 Å². The first-order chi connectivity index (χ1) is 13.5. The van der Waals surface area contributed by atoms with E-state index in [2.05, 4.69) is 15.3 Å². The van der Waals surface area contributed by atoms with Crippen molar-refractivity contribution in [3.05, 3.63) is 47.8 Å². The number of hydrogen-bond donors (Lipinski definition) is 1. The predicted molar refractivity (Wildman–Crippen MR) is 110 cm³/mol. The zero-order valence-corrected chi connectivity index (χ0v) is 16.7. The number of nitrogens with zero attached hydrogens (tertiary/aromatic N) is 4. The minimum atomic E-state index is -0.310. The first kappa shape index (κ1) is 19.8. The Morgan fingerprint density at radius 2 is 1.68 bits per heavy atom. The standard InChI is InChI=1S/C21H27N5O2/c1-25(2)21-22-13-16(14-23-21)19(27)24-17-9-7-8-15(12-17)20(28)26(3)18-10-5-4-6-11-18/h7-9,12-14,18H,4-6,10-11H2,1-3H3,(H,24,27). The summed E-state index contributed by atoms with van der Waals surface area (Å²) in [5.41, 5.74) is 1.51. The number of rotatable bonds is 5. The average molecular weight is 381 g/mol. The maximum atomic E-state index is 12.8. The third-order valence-electron chi connectivity index (χ3n) is 5.11. The number of aromatic nitrogens is 2. The maximum Gasteiger partial charge on any atom is 0.258 e. The van der Waals surface area contributed by atoms with Crippen LogP contribution in [0.2, 0.25) is 0 Å². The molecule has 1 saturated carbocycles. The van der Waals surface area contributed by atoms with E-state index in [1.54, 1.807) is 29.2 Å². The van der Waals surface area contributed by atoms with Crippen molar-refractivity contribution >= 4 is 23.5 Å². The van der Waals surface area contributed by atoms with Crippen molar-refractivity contribution in [2.75, 3.05) is 31.4 Å². The highest BCUT2D eigenvalue weighted by molar-refractivity contribution is 6.04. The predicted octanol–water partition coefficient (Wildman–Crippen LogP) is 3.20. The van der Waals surface area contributed by atoms with Gasteiger partial charge < -0.3 is 15.1 Å². The molecule has 2 aromatic rings. The van der Waals surface area contributed by atoms with E-state index in [0.717, 1.165) is 12.8 Å². The zero-order chi connectivity index (χ0) is 20.1. The summed E-state index contributed by atoms with van der Waals surface area (Å²) in [5, 5.41) is 2.82. The van der Waals surface area contributed by atoms with Crippen LogP contribution in [0, 0.1) is 0 Å². The molecule has 7 heteroatoms. The first-order valence-electron chi connectivity index (χ1n) is 9.63. The van der Waals surface area contributed by atoms with Crippen LogP contribution in [0.4, 0.5) is 11.6 Å². The zero-order valence-electron chi connectivity index (χ0n) is 16.7. The van der Waals surface area contributed by atoms with Gasteiger partial charge in [0.2, 0.25) is 5.95 Å². The Labute approximate surface area is 165 Å². The van der Waals surface area contributed by atoms with E-state index < -0.39 is 0 Å². The minimum Gasteiger partial charge on any atom is -0.347 e. The second kappa shape index (κ2) is 8.82. The molecule has 1 aromatic carbocycles. The normalized spacial score (nSPS) is 14.4. The lowest BCUT2D eigenvalue weighted by molar-refractivity contribution is 0.0696. The molecule has 0 unspecified atom stereocenters. The highest BCUT2D eigenvalue weighted by atomic mass is 16.2. The molecule has 1 aromatic heterocycles. The van der Waals surface area contributed by atoms with Crippen LogP contribution in [0.15, 0.2) is 36.7 Å². The summed E-state index contributed by atoms with van der Waals surface area (Å²) in [6.07, 6.45) is 8.69. The quantitative estimate of drug-likeness (QED) is 0.860. The molecule has 1 N–H and O–H groups in total. The largest absolute Gasteiger partial charge is 0.347 e. The second-order valence-corrected chi connectivity index (χ2v) is 7.41. The molecule has 148 valence electrons. The van der Waals surface area contributed by atoms with Gasteiger partial charge in [-0.15, -0.1) is 0 Å². The Balaban J connectivity index is 1.68. The van der Waals surface area contributed by atoms with Crippen molar-refractivity contribution in [2.24, 2.45) is 0 Å². The van der Waals surface area contributed by atoms with Gasteiger partial charge in [-0.3, -0.25) is 9.59 Å². The topological polar surface area (TPSA) is 78.4 Å². The lowest BCUT2D eigenvalue weighted by atomic mass is 9.94. The first-order valence-corrected chi connectivity index (χ1v) is 9.63. The molecule has 28 heavy (non-hydrogen) atoms. The molecule has 7 nitrogen and oxygen atoms in total. The summed E-state index contributed by atoms with van der Waals surface area (Å²) < 4.78 is 0. The molecule has 0 bridgehead atoms. The molecule has 1 aliphatic rings. The van der Waals surface area contributed by atoms with Gasteiger partial charge in [0.1, 0.15) is 0 Å². The molecule has 1 heterocycles. The van der Waals surface area contributed by atoms with Gasteiger partial charge in [-0.2, -0.15) is 0 Å². The molecule has 0 aliphatic heterocycles. The third-order valence-corrected chi connectivity index (χ3v) is 5.11. The number of nitrogens with one attached hydrogen (secondary N) is 1. The van der Waals surface area contributed by atoms with Crippen molar-refractivity contribution in [1.29, 1.82) is 0 Å². The SMILES string of the molecule is CN(C)c1ncc(C(=O)Nc2cccc(C(=O)N(C)C3CCCCC3)c2)cn1. The summed E-state index contributed by atoms with van der Waals surface area (Å²) in [6.45, 7) is 0. The van der Waals surface area contributed by atoms with E-state index in [1.165, 1.54) is 31.7 Å². The van der Waals surface area contributed by atoms with Crippen LogP contribution in [0.25, 0.3) is 0 Å². The monoisotopic (exact) mass is 381 g/mol. The Morgan fingerprint density at radius 1 is 1.00 bits per heavy atom. The van der Waals surface area contributed by atoms with Crippen LogP contribution in [-0.2, 0) is 0 Å². The summed E-state index contributed by atoms with van der Waals surface area (Å²) in [7, 11) is 5.54. The molecular weight excluding hydrogens is 354 g/mol. The van der Waals surface area contributed by atoms with Gasteiger partial charge in [0.05, 0.1) is 5.56 Å². The van der Waals surface area contributed by atoms with Crippen molar-refractivity contribution in [3.8, 4) is 0 Å². The van der Waals surface area contributed by atoms with Crippen LogP contribution < -0.4 is 10.2 Å². The smallest absolute Gasteiger partial charge is 0.258 e. The lowest BCUT2D eigenvalue weighted by Crippen LogP contribution is -2.38. The van der Waals surface area contributed by atoms with E-state index in [1.807, 2.05) is 26.0 Å². The van der Waals surface area contributed by atoms with Crippen molar-refractivity contribution in [1.82, 2.24) is 14.9 Å². The molecule has 0 spiro atoms. The van der Waals surface area contributed by atoms with Crippen LogP contribution in [0.1, 0.15) is 52.8 Å². The summed E-state index contributed by atoms with van der Waals surface area (Å²) in [4.78, 5) is 37.2. The Bertz CT molecular complexity index is 829. The van der Waals surface area contributed by atoms with Crippen molar-refractivity contribution in [2.45, 2.75) is 38.1 Å². The number of anilines is 2. The molecule has 0 atom stereocenters. The molecule has 1 aliphatic carbocycles. The fourth-order valence-electron chi connectivity index (χ4n) is 3.44. The van der Waals surface area contributed by atoms with Gasteiger partial charge in [0.25, 0.3) is 11.8 Å². The van der Waals surface area contributed by atoms with Gasteiger partial charge in [0, 0.05) is 50.8 Å². The Kier molecular flexibility index (Phi) is 6.23. The number of hydrogen-bond acceptors (Lipinski definition) is 5. The molecule has 1 fully saturated rings. The van der Waals surface area contributed by atoms with Gasteiger partial charge in [-0.1, -0.05) is 25.3 Å². The Morgan fingerprint density at radius 3 is 2.32 bits per heavy atom. The van der Waals surface area contributed by atoms with E-state index in [0.29, 0.717) is 28.8 Å². The second-order valence-electron chi connectivity index (χ2n) is 7.41. The minimum absolute atomic E-state index is 0.0123. The lowest BCUT2D eigenvalue weighted by Gasteiger charge is -2.31. The Hall–Kier alpha value is -2.96. The molecular formula is C21H27N5O2. The average Bonchev–Trinajstić information content (AvgIpc) is 2.73. The van der Waals surface area contributed by atoms with Crippen molar-refractivity contribution in [3.63, 3.8) is 0 Å². The molecule has 3 rings (SSSR count). The molecule has 0 radical (unpaired) electrons. The van der Waals surface area contributed by atoms with E-state index in [-0.39, 0.29) is 11.8 Å². The van der Waals surface area contributed by atoms with Gasteiger partial charge in [0.15, 0.2) is 0 Å². The van der Waals surface area contributed by atoms with Crippen LogP contribution in [-0.4, -0.2) is 53.9 Å². The number of amides is 2. The highest BCUT2D eigenvalue weighted by Gasteiger charge is 2.23. The number of benzene rings is 1. The van der Waals surface area contributed by atoms with Crippen LogP contribution in [0.5, 0.6) is 0 Å². The van der Waals surface area contributed by atoms with E-state index in [4.69, 9.17) is 0 Å². The summed E-state index contributed by atoms with van der Waals surface area (Å²) in [6, 6.07) is 7.35. The van der Waals surface area contributed by atoms with Crippen LogP contribution >= 0.6 is 0 Å². The highest BCUT2D eigenvalue weighted by Crippen LogP contribution is 2.23. The van der Waals surface area contributed by atoms with Gasteiger partial charge in [-0.05, 0) is 31.0 Å². The van der Waals surface area contributed by atoms with Crippen LogP contribution in [0.3, 0.4) is 0 Å². The number of carbonyl (C=O) groups is 2. The summed E-state index contributed by atoms with van der Waals surface area (Å²) >= 11 is 0. The summed E-state index contributed by atoms with van der Waals surface area (Å²) in [5.74, 6) is 0.215. The fourth-order valence-corrected chi connectivity index (χ4v) is 3.44. The third kappa shape index (κ3) is 4.65. The molecule has 0 saturated heterocycles. The fraction of sp³-hybridized carbons (Fsp3) is 0.429. The number of carbonyl (C=O) groups excluding carboxylic acids is 2. The van der Waals surface area contributed by atoms with Crippen molar-refractivity contribution < 1.29 is 9.59 Å². The van der Waals surface area contributed by atoms with E-state index in [9.17, 15) is 9.59 Å². The molecule has 2 amide bonds.